The average molecular weight is 429 g/mol. The molecular weight excluding hydrogens is 405 g/mol. The Bertz CT molecular complexity index is 1020. The highest BCUT2D eigenvalue weighted by Crippen LogP contribution is 2.26. The second-order valence-corrected chi connectivity index (χ2v) is 7.92. The predicted octanol–water partition coefficient (Wildman–Crippen LogP) is 0.655. The summed E-state index contributed by atoms with van der Waals surface area (Å²) in [6.07, 6.45) is 0. The molecule has 10 heteroatoms. The topological polar surface area (TPSA) is 96.8 Å². The maximum absolute atomic E-state index is 13.1. The van der Waals surface area contributed by atoms with Crippen LogP contribution in [0.15, 0.2) is 30.3 Å². The first-order chi connectivity index (χ1) is 14.8. The zero-order chi connectivity index (χ0) is 22.2. The molecule has 0 spiro atoms. The van der Waals surface area contributed by atoms with Crippen molar-refractivity contribution in [2.24, 2.45) is 0 Å². The number of carbonyl (C=O) groups is 3. The summed E-state index contributed by atoms with van der Waals surface area (Å²) < 4.78 is 19.8. The molecule has 0 radical (unpaired) electrons. The van der Waals surface area contributed by atoms with Gasteiger partial charge in [0.1, 0.15) is 17.1 Å². The molecule has 2 aliphatic rings. The summed E-state index contributed by atoms with van der Waals surface area (Å²) in [4.78, 5) is 41.7. The van der Waals surface area contributed by atoms with Crippen LogP contribution >= 0.6 is 0 Å². The van der Waals surface area contributed by atoms with Gasteiger partial charge in [-0.3, -0.25) is 19.1 Å². The van der Waals surface area contributed by atoms with Gasteiger partial charge in [-0.1, -0.05) is 12.1 Å². The van der Waals surface area contributed by atoms with Gasteiger partial charge in [0.2, 0.25) is 5.91 Å². The largest absolute Gasteiger partial charge is 0.378 e. The summed E-state index contributed by atoms with van der Waals surface area (Å²) in [6, 6.07) is 7.29. The lowest BCUT2D eigenvalue weighted by atomic mass is 9.96. The van der Waals surface area contributed by atoms with Crippen LogP contribution in [0, 0.1) is 5.82 Å². The fourth-order valence-corrected chi connectivity index (χ4v) is 3.74. The van der Waals surface area contributed by atoms with Crippen LogP contribution in [0.4, 0.5) is 4.39 Å². The molecule has 1 aromatic heterocycles. The smallest absolute Gasteiger partial charge is 0.274 e. The molecule has 0 aliphatic carbocycles. The van der Waals surface area contributed by atoms with E-state index in [2.05, 4.69) is 10.4 Å². The molecule has 0 bridgehead atoms. The Morgan fingerprint density at radius 3 is 2.58 bits per heavy atom. The third kappa shape index (κ3) is 3.90. The van der Waals surface area contributed by atoms with Crippen molar-refractivity contribution < 1.29 is 23.5 Å². The Labute approximate surface area is 178 Å². The van der Waals surface area contributed by atoms with Gasteiger partial charge in [-0.05, 0) is 24.6 Å². The van der Waals surface area contributed by atoms with Gasteiger partial charge < -0.3 is 19.9 Å². The molecule has 1 N–H and O–H groups in total. The van der Waals surface area contributed by atoms with Gasteiger partial charge in [0.15, 0.2) is 5.69 Å². The van der Waals surface area contributed by atoms with E-state index in [-0.39, 0.29) is 48.0 Å². The lowest BCUT2D eigenvalue weighted by Gasteiger charge is -2.40. The lowest BCUT2D eigenvalue weighted by molar-refractivity contribution is -0.132. The van der Waals surface area contributed by atoms with Gasteiger partial charge in [0.05, 0.1) is 19.8 Å². The molecule has 4 rings (SSSR count). The number of benzene rings is 1. The second kappa shape index (κ2) is 8.10. The average Bonchev–Trinajstić information content (AvgIpc) is 3.20. The molecule has 164 valence electrons. The molecule has 1 saturated heterocycles. The van der Waals surface area contributed by atoms with E-state index in [0.717, 1.165) is 5.56 Å². The first-order valence-electron chi connectivity index (χ1n) is 10.1. The Balaban J connectivity index is 1.51. The van der Waals surface area contributed by atoms with Gasteiger partial charge in [0, 0.05) is 32.7 Å². The number of amides is 3. The monoisotopic (exact) mass is 429 g/mol. The van der Waals surface area contributed by atoms with Crippen molar-refractivity contribution in [3.8, 4) is 0 Å². The zero-order valence-electron chi connectivity index (χ0n) is 17.4. The fraction of sp³-hybridized carbons (Fsp3) is 0.429. The Morgan fingerprint density at radius 1 is 1.23 bits per heavy atom. The molecule has 0 saturated carbocycles. The molecule has 1 aromatic carbocycles. The van der Waals surface area contributed by atoms with Gasteiger partial charge in [-0.25, -0.2) is 4.39 Å². The second-order valence-electron chi connectivity index (χ2n) is 7.92. The number of likely N-dealkylation sites (N-methyl/N-ethyl adjacent to an activating group) is 1. The van der Waals surface area contributed by atoms with Crippen LogP contribution in [0.5, 0.6) is 0 Å². The maximum Gasteiger partial charge on any atom is 0.274 e. The minimum absolute atomic E-state index is 0.107. The number of ether oxygens (including phenoxy) is 1. The number of morpholine rings is 1. The molecule has 1 atom stereocenters. The normalized spacial score (nSPS) is 21.1. The summed E-state index contributed by atoms with van der Waals surface area (Å²) in [5.74, 6) is -1.37. The fourth-order valence-electron chi connectivity index (χ4n) is 3.74. The van der Waals surface area contributed by atoms with E-state index >= 15 is 0 Å². The van der Waals surface area contributed by atoms with Gasteiger partial charge >= 0.3 is 0 Å². The molecule has 1 unspecified atom stereocenters. The van der Waals surface area contributed by atoms with Crippen molar-refractivity contribution in [2.45, 2.75) is 25.6 Å². The van der Waals surface area contributed by atoms with E-state index in [4.69, 9.17) is 4.74 Å². The third-order valence-electron chi connectivity index (χ3n) is 5.87. The minimum atomic E-state index is -1.20. The van der Waals surface area contributed by atoms with Crippen LogP contribution in [0.2, 0.25) is 0 Å². The number of carbonyl (C=O) groups excluding carboxylic acids is 3. The number of hydrogen-bond donors (Lipinski definition) is 1. The van der Waals surface area contributed by atoms with Gasteiger partial charge in [-0.15, -0.1) is 0 Å². The van der Waals surface area contributed by atoms with Crippen molar-refractivity contribution in [1.29, 1.82) is 0 Å². The van der Waals surface area contributed by atoms with Crippen LogP contribution in [-0.4, -0.2) is 76.2 Å². The summed E-state index contributed by atoms with van der Waals surface area (Å²) >= 11 is 0. The molecule has 9 nitrogen and oxygen atoms in total. The molecule has 3 amide bonds. The molecule has 2 aliphatic heterocycles. The predicted molar refractivity (Wildman–Crippen MR) is 108 cm³/mol. The van der Waals surface area contributed by atoms with E-state index in [0.29, 0.717) is 26.3 Å². The number of hydrogen-bond acceptors (Lipinski definition) is 5. The SMILES string of the molecule is CN1C(=O)c2cc(C(=O)N3CCOCC3)nn2CC1(C)C(=O)NCc1ccc(F)cc1. The number of nitrogens with zero attached hydrogens (tertiary/aromatic N) is 4. The van der Waals surface area contributed by atoms with Crippen molar-refractivity contribution in [3.05, 3.63) is 53.1 Å². The van der Waals surface area contributed by atoms with Crippen LogP contribution in [0.3, 0.4) is 0 Å². The summed E-state index contributed by atoms with van der Waals surface area (Å²) in [5.41, 5.74) is -0.0195. The molecule has 31 heavy (non-hydrogen) atoms. The summed E-state index contributed by atoms with van der Waals surface area (Å²) in [7, 11) is 1.56. The summed E-state index contributed by atoms with van der Waals surface area (Å²) in [5, 5.41) is 7.14. The van der Waals surface area contributed by atoms with E-state index in [1.165, 1.54) is 27.8 Å². The standard InChI is InChI=1S/C21H24FN5O4/c1-21(20(30)23-12-14-3-5-15(22)6-4-14)13-27-17(19(29)25(21)2)11-16(24-27)18(28)26-7-9-31-10-8-26/h3-6,11H,7-10,12-13H2,1-2H3,(H,23,30). The Kier molecular flexibility index (Phi) is 5.48. The van der Waals surface area contributed by atoms with E-state index < -0.39 is 5.54 Å². The van der Waals surface area contributed by atoms with Crippen LogP contribution in [0.1, 0.15) is 33.5 Å². The highest BCUT2D eigenvalue weighted by atomic mass is 19.1. The molecular formula is C21H24FN5O4. The van der Waals surface area contributed by atoms with Crippen molar-refractivity contribution in [2.75, 3.05) is 33.4 Å². The van der Waals surface area contributed by atoms with Crippen LogP contribution < -0.4 is 5.32 Å². The Morgan fingerprint density at radius 2 is 1.90 bits per heavy atom. The van der Waals surface area contributed by atoms with E-state index in [9.17, 15) is 18.8 Å². The van der Waals surface area contributed by atoms with Crippen molar-refractivity contribution in [3.63, 3.8) is 0 Å². The quantitative estimate of drug-likeness (QED) is 0.770. The first kappa shape index (κ1) is 21.0. The lowest BCUT2D eigenvalue weighted by Crippen LogP contribution is -2.62. The first-order valence-corrected chi connectivity index (χ1v) is 10.1. The van der Waals surface area contributed by atoms with Gasteiger partial charge in [0.25, 0.3) is 11.8 Å². The van der Waals surface area contributed by atoms with Crippen molar-refractivity contribution >= 4 is 17.7 Å². The highest BCUT2D eigenvalue weighted by Gasteiger charge is 2.46. The Hall–Kier alpha value is -3.27. The third-order valence-corrected chi connectivity index (χ3v) is 5.87. The number of nitrogens with one attached hydrogen (secondary N) is 1. The number of rotatable bonds is 4. The number of fused-ring (bicyclic) bond motifs is 1. The maximum atomic E-state index is 13.1. The van der Waals surface area contributed by atoms with Crippen LogP contribution in [0.25, 0.3) is 0 Å². The minimum Gasteiger partial charge on any atom is -0.378 e. The zero-order valence-corrected chi connectivity index (χ0v) is 17.4. The van der Waals surface area contributed by atoms with E-state index in [1.54, 1.807) is 31.0 Å². The summed E-state index contributed by atoms with van der Waals surface area (Å²) in [6.45, 7) is 3.83. The number of halogens is 1. The molecule has 2 aromatic rings. The van der Waals surface area contributed by atoms with E-state index in [1.807, 2.05) is 0 Å². The van der Waals surface area contributed by atoms with Crippen LogP contribution in [-0.2, 0) is 22.6 Å². The molecule has 3 heterocycles. The number of aromatic nitrogens is 2. The van der Waals surface area contributed by atoms with Crippen molar-refractivity contribution in [1.82, 2.24) is 24.9 Å². The highest BCUT2D eigenvalue weighted by molar-refractivity contribution is 6.01. The molecule has 1 fully saturated rings. The van der Waals surface area contributed by atoms with Gasteiger partial charge in [-0.2, -0.15) is 5.10 Å².